The van der Waals surface area contributed by atoms with E-state index in [2.05, 4.69) is 30.9 Å². The molecule has 2 rings (SSSR count). The van der Waals surface area contributed by atoms with Crippen LogP contribution < -0.4 is 0 Å². The van der Waals surface area contributed by atoms with Crippen molar-refractivity contribution < 1.29 is 9.90 Å². The Labute approximate surface area is 99.1 Å². The lowest BCUT2D eigenvalue weighted by Crippen LogP contribution is -2.06. The molecule has 0 spiro atoms. The summed E-state index contributed by atoms with van der Waals surface area (Å²) < 4.78 is 2.06. The van der Waals surface area contributed by atoms with Gasteiger partial charge in [-0.15, -0.1) is 0 Å². The van der Waals surface area contributed by atoms with Crippen LogP contribution in [0.25, 0.3) is 11.6 Å². The molecule has 1 N–H and O–H groups in total. The molecule has 0 unspecified atom stereocenters. The molecule has 0 radical (unpaired) electrons. The minimum Gasteiger partial charge on any atom is -0.476 e. The highest BCUT2D eigenvalue weighted by atomic mass is 79.9. The maximum Gasteiger partial charge on any atom is 0.355 e. The van der Waals surface area contributed by atoms with Gasteiger partial charge in [0, 0.05) is 25.6 Å². The van der Waals surface area contributed by atoms with E-state index in [4.69, 9.17) is 5.11 Å². The SMILES string of the molecule is Cn1ccnc1-c1ncc(Br)c(C(=O)O)n1. The Hall–Kier alpha value is -1.76. The Morgan fingerprint density at radius 1 is 1.50 bits per heavy atom. The second-order valence-electron chi connectivity index (χ2n) is 3.06. The smallest absolute Gasteiger partial charge is 0.355 e. The maximum absolute atomic E-state index is 10.9. The molecule has 2 heterocycles. The molecular weight excluding hydrogens is 276 g/mol. The Bertz CT molecular complexity index is 552. The molecule has 0 aliphatic carbocycles. The summed E-state index contributed by atoms with van der Waals surface area (Å²) in [6.07, 6.45) is 4.74. The van der Waals surface area contributed by atoms with Gasteiger partial charge in [0.05, 0.1) is 4.47 Å². The number of carboxylic acids is 1. The van der Waals surface area contributed by atoms with E-state index in [0.717, 1.165) is 0 Å². The zero-order valence-corrected chi connectivity index (χ0v) is 9.84. The van der Waals surface area contributed by atoms with Crippen molar-refractivity contribution in [3.8, 4) is 11.6 Å². The summed E-state index contributed by atoms with van der Waals surface area (Å²) in [7, 11) is 1.79. The van der Waals surface area contributed by atoms with Crippen LogP contribution in [0, 0.1) is 0 Å². The summed E-state index contributed by atoms with van der Waals surface area (Å²) in [5.41, 5.74) is -0.0759. The molecule has 0 aliphatic rings. The quantitative estimate of drug-likeness (QED) is 0.899. The van der Waals surface area contributed by atoms with E-state index < -0.39 is 5.97 Å². The van der Waals surface area contributed by atoms with Gasteiger partial charge in [-0.05, 0) is 15.9 Å². The van der Waals surface area contributed by atoms with Crippen molar-refractivity contribution in [3.05, 3.63) is 28.8 Å². The van der Waals surface area contributed by atoms with Crippen LogP contribution in [0.5, 0.6) is 0 Å². The molecule has 82 valence electrons. The number of aromatic carboxylic acids is 1. The summed E-state index contributed by atoms with van der Waals surface area (Å²) in [5.74, 6) is -0.298. The highest BCUT2D eigenvalue weighted by molar-refractivity contribution is 9.10. The second-order valence-corrected chi connectivity index (χ2v) is 3.91. The van der Waals surface area contributed by atoms with E-state index in [9.17, 15) is 4.79 Å². The summed E-state index contributed by atoms with van der Waals surface area (Å²) in [5, 5.41) is 8.91. The zero-order valence-electron chi connectivity index (χ0n) is 8.25. The third kappa shape index (κ3) is 1.81. The molecule has 16 heavy (non-hydrogen) atoms. The normalized spacial score (nSPS) is 10.4. The van der Waals surface area contributed by atoms with Crippen LogP contribution in [0.15, 0.2) is 23.1 Å². The molecule has 7 heteroatoms. The van der Waals surface area contributed by atoms with Gasteiger partial charge in [0.2, 0.25) is 0 Å². The monoisotopic (exact) mass is 282 g/mol. The maximum atomic E-state index is 10.9. The molecule has 6 nitrogen and oxygen atoms in total. The predicted octanol–water partition coefficient (Wildman–Crippen LogP) is 1.34. The summed E-state index contributed by atoms with van der Waals surface area (Å²) in [6, 6.07) is 0. The minimum atomic E-state index is -1.11. The van der Waals surface area contributed by atoms with E-state index in [1.807, 2.05) is 0 Å². The molecule has 0 bridgehead atoms. The summed E-state index contributed by atoms with van der Waals surface area (Å²) in [4.78, 5) is 22.9. The highest BCUT2D eigenvalue weighted by Crippen LogP contribution is 2.17. The molecule has 0 saturated carbocycles. The number of rotatable bonds is 2. The lowest BCUT2D eigenvalue weighted by molar-refractivity contribution is 0.0689. The number of halogens is 1. The van der Waals surface area contributed by atoms with E-state index in [1.165, 1.54) is 6.20 Å². The van der Waals surface area contributed by atoms with Crippen LogP contribution in [0.1, 0.15) is 10.5 Å². The van der Waals surface area contributed by atoms with Crippen molar-refractivity contribution in [1.82, 2.24) is 19.5 Å². The van der Waals surface area contributed by atoms with Crippen molar-refractivity contribution in [1.29, 1.82) is 0 Å². The number of carbonyl (C=O) groups is 1. The van der Waals surface area contributed by atoms with Crippen molar-refractivity contribution in [2.24, 2.45) is 7.05 Å². The largest absolute Gasteiger partial charge is 0.476 e. The van der Waals surface area contributed by atoms with Crippen molar-refractivity contribution in [2.45, 2.75) is 0 Å². The standard InChI is InChI=1S/C9H7BrN4O2/c1-14-3-2-11-8(14)7-12-4-5(10)6(13-7)9(15)16/h2-4H,1H3,(H,15,16). The van der Waals surface area contributed by atoms with E-state index in [1.54, 1.807) is 24.0 Å². The van der Waals surface area contributed by atoms with Crippen LogP contribution in [-0.4, -0.2) is 30.6 Å². The first kappa shape index (κ1) is 10.7. The van der Waals surface area contributed by atoms with E-state index >= 15 is 0 Å². The van der Waals surface area contributed by atoms with E-state index in [0.29, 0.717) is 10.3 Å². The van der Waals surface area contributed by atoms with Gasteiger partial charge >= 0.3 is 5.97 Å². The van der Waals surface area contributed by atoms with Gasteiger partial charge in [-0.25, -0.2) is 19.7 Å². The number of aromatic nitrogens is 4. The Morgan fingerprint density at radius 2 is 2.25 bits per heavy atom. The van der Waals surface area contributed by atoms with Crippen molar-refractivity contribution in [2.75, 3.05) is 0 Å². The van der Waals surface area contributed by atoms with Gasteiger partial charge in [0.15, 0.2) is 17.3 Å². The average molecular weight is 283 g/mol. The van der Waals surface area contributed by atoms with Crippen LogP contribution in [0.4, 0.5) is 0 Å². The number of imidazole rings is 1. The summed E-state index contributed by atoms with van der Waals surface area (Å²) >= 11 is 3.08. The number of hydrogen-bond acceptors (Lipinski definition) is 4. The second kappa shape index (κ2) is 4.01. The predicted molar refractivity (Wildman–Crippen MR) is 58.9 cm³/mol. The first-order valence-corrected chi connectivity index (χ1v) is 5.12. The lowest BCUT2D eigenvalue weighted by Gasteiger charge is -2.02. The Morgan fingerprint density at radius 3 is 2.81 bits per heavy atom. The molecule has 0 atom stereocenters. The van der Waals surface area contributed by atoms with Crippen LogP contribution in [0.3, 0.4) is 0 Å². The van der Waals surface area contributed by atoms with Gasteiger partial charge < -0.3 is 9.67 Å². The fraction of sp³-hybridized carbons (Fsp3) is 0.111. The number of aryl methyl sites for hydroxylation is 1. The summed E-state index contributed by atoms with van der Waals surface area (Å²) in [6.45, 7) is 0. The highest BCUT2D eigenvalue weighted by Gasteiger charge is 2.14. The van der Waals surface area contributed by atoms with Crippen molar-refractivity contribution in [3.63, 3.8) is 0 Å². The fourth-order valence-corrected chi connectivity index (χ4v) is 1.57. The fourth-order valence-electron chi connectivity index (χ4n) is 1.21. The van der Waals surface area contributed by atoms with Crippen LogP contribution >= 0.6 is 15.9 Å². The molecule has 2 aromatic heterocycles. The molecule has 0 aromatic carbocycles. The molecule has 2 aromatic rings. The third-order valence-corrected chi connectivity index (χ3v) is 2.55. The topological polar surface area (TPSA) is 80.9 Å². The molecule has 0 fully saturated rings. The van der Waals surface area contributed by atoms with Crippen molar-refractivity contribution >= 4 is 21.9 Å². The molecule has 0 amide bonds. The van der Waals surface area contributed by atoms with Crippen LogP contribution in [0.2, 0.25) is 0 Å². The lowest BCUT2D eigenvalue weighted by atomic mass is 10.4. The van der Waals surface area contributed by atoms with Gasteiger partial charge in [0.1, 0.15) is 0 Å². The minimum absolute atomic E-state index is 0.0759. The zero-order chi connectivity index (χ0) is 11.7. The number of nitrogens with zero attached hydrogens (tertiary/aromatic N) is 4. The molecule has 0 aliphatic heterocycles. The van der Waals surface area contributed by atoms with Gasteiger partial charge in [0.25, 0.3) is 0 Å². The first-order chi connectivity index (χ1) is 7.59. The first-order valence-electron chi connectivity index (χ1n) is 4.33. The molecular formula is C9H7BrN4O2. The Kier molecular flexibility index (Phi) is 2.69. The van der Waals surface area contributed by atoms with Gasteiger partial charge in [-0.2, -0.15) is 0 Å². The van der Waals surface area contributed by atoms with Gasteiger partial charge in [-0.1, -0.05) is 0 Å². The number of carboxylic acid groups (broad SMARTS) is 1. The van der Waals surface area contributed by atoms with E-state index in [-0.39, 0.29) is 11.5 Å². The average Bonchev–Trinajstić information content (AvgIpc) is 2.65. The van der Waals surface area contributed by atoms with Crippen LogP contribution in [-0.2, 0) is 7.05 Å². The molecule has 0 saturated heterocycles. The number of hydrogen-bond donors (Lipinski definition) is 1. The van der Waals surface area contributed by atoms with Gasteiger partial charge in [-0.3, -0.25) is 0 Å². The third-order valence-electron chi connectivity index (χ3n) is 1.97. The Balaban J connectivity index is 2.56.